The highest BCUT2D eigenvalue weighted by atomic mass is 35.5. The second kappa shape index (κ2) is 6.05. The van der Waals surface area contributed by atoms with Crippen LogP contribution in [-0.2, 0) is 4.79 Å². The number of hydrogen-bond donors (Lipinski definition) is 1. The summed E-state index contributed by atoms with van der Waals surface area (Å²) in [4.78, 5) is 20.2. The molecule has 0 aliphatic carbocycles. The van der Waals surface area contributed by atoms with Gasteiger partial charge in [0.2, 0.25) is 0 Å². The van der Waals surface area contributed by atoms with E-state index >= 15 is 0 Å². The minimum absolute atomic E-state index is 0.0213. The van der Waals surface area contributed by atoms with Crippen molar-refractivity contribution in [3.8, 4) is 5.75 Å². The highest BCUT2D eigenvalue weighted by Gasteiger charge is 2.10. The summed E-state index contributed by atoms with van der Waals surface area (Å²) in [6, 6.07) is 3.85. The lowest BCUT2D eigenvalue weighted by Crippen LogP contribution is -2.02. The van der Waals surface area contributed by atoms with Crippen LogP contribution in [0.15, 0.2) is 18.2 Å². The summed E-state index contributed by atoms with van der Waals surface area (Å²) < 4.78 is 5.18. The van der Waals surface area contributed by atoms with E-state index in [0.29, 0.717) is 6.42 Å². The molecule has 0 spiro atoms. The van der Waals surface area contributed by atoms with E-state index in [4.69, 9.17) is 21.4 Å². The smallest absolute Gasteiger partial charge is 0.303 e. The van der Waals surface area contributed by atoms with Gasteiger partial charge in [0.05, 0.1) is 22.6 Å². The molecule has 0 bridgehead atoms. The quantitative estimate of drug-likeness (QED) is 0.481. The lowest BCUT2D eigenvalue weighted by Gasteiger charge is -2.06. The molecule has 0 fully saturated rings. The van der Waals surface area contributed by atoms with Crippen molar-refractivity contribution in [2.24, 2.45) is 0 Å². The molecule has 0 heterocycles. The molecule has 1 rings (SSSR count). The molecule has 92 valence electrons. The summed E-state index contributed by atoms with van der Waals surface area (Å²) in [5, 5.41) is 19.2. The second-order valence-electron chi connectivity index (χ2n) is 3.22. The monoisotopic (exact) mass is 259 g/mol. The number of nitro benzene ring substituents is 1. The van der Waals surface area contributed by atoms with Crippen LogP contribution in [0.2, 0.25) is 5.02 Å². The van der Waals surface area contributed by atoms with Gasteiger partial charge in [0.1, 0.15) is 5.75 Å². The number of hydrogen-bond acceptors (Lipinski definition) is 4. The van der Waals surface area contributed by atoms with Crippen molar-refractivity contribution in [3.63, 3.8) is 0 Å². The lowest BCUT2D eigenvalue weighted by atomic mass is 10.3. The van der Waals surface area contributed by atoms with Crippen LogP contribution in [0.5, 0.6) is 5.75 Å². The summed E-state index contributed by atoms with van der Waals surface area (Å²) in [5.41, 5.74) is -0.123. The molecule has 6 nitrogen and oxygen atoms in total. The normalized spacial score (nSPS) is 9.94. The Balaban J connectivity index is 2.60. The van der Waals surface area contributed by atoms with Gasteiger partial charge in [-0.25, -0.2) is 0 Å². The highest BCUT2D eigenvalue weighted by Crippen LogP contribution is 2.28. The number of benzene rings is 1. The third kappa shape index (κ3) is 4.28. The van der Waals surface area contributed by atoms with Crippen LogP contribution in [0.4, 0.5) is 5.69 Å². The van der Waals surface area contributed by atoms with Crippen molar-refractivity contribution in [1.82, 2.24) is 0 Å². The van der Waals surface area contributed by atoms with Gasteiger partial charge in [-0.3, -0.25) is 14.9 Å². The number of carboxylic acids is 1. The van der Waals surface area contributed by atoms with Crippen molar-refractivity contribution in [2.45, 2.75) is 12.8 Å². The van der Waals surface area contributed by atoms with Crippen LogP contribution in [0.25, 0.3) is 0 Å². The molecule has 0 unspecified atom stereocenters. The Hall–Kier alpha value is -1.82. The van der Waals surface area contributed by atoms with Gasteiger partial charge in [0.15, 0.2) is 0 Å². The molecule has 0 aromatic heterocycles. The Morgan fingerprint density at radius 3 is 2.82 bits per heavy atom. The number of ether oxygens (including phenoxy) is 1. The highest BCUT2D eigenvalue weighted by molar-refractivity contribution is 6.32. The molecule has 0 radical (unpaired) electrons. The number of non-ortho nitro benzene ring substituents is 1. The fourth-order valence-corrected chi connectivity index (χ4v) is 1.29. The minimum atomic E-state index is -0.918. The number of carboxylic acid groups (broad SMARTS) is 1. The molecular formula is C10H10ClNO5. The Labute approximate surface area is 102 Å². The van der Waals surface area contributed by atoms with Crippen LogP contribution in [0.1, 0.15) is 12.8 Å². The van der Waals surface area contributed by atoms with Gasteiger partial charge in [0.25, 0.3) is 5.69 Å². The molecule has 0 saturated heterocycles. The molecule has 0 aliphatic heterocycles. The van der Waals surface area contributed by atoms with Crippen LogP contribution in [0.3, 0.4) is 0 Å². The number of nitro groups is 1. The SMILES string of the molecule is O=C(O)CCCOc1cc([N+](=O)[O-])ccc1Cl. The Bertz CT molecular complexity index is 435. The maximum absolute atomic E-state index is 10.5. The van der Waals surface area contributed by atoms with E-state index in [1.54, 1.807) is 0 Å². The fraction of sp³-hybridized carbons (Fsp3) is 0.300. The fourth-order valence-electron chi connectivity index (χ4n) is 1.12. The van der Waals surface area contributed by atoms with E-state index in [1.165, 1.54) is 18.2 Å². The molecule has 17 heavy (non-hydrogen) atoms. The third-order valence-electron chi connectivity index (χ3n) is 1.92. The van der Waals surface area contributed by atoms with Gasteiger partial charge in [-0.1, -0.05) is 11.6 Å². The van der Waals surface area contributed by atoms with Gasteiger partial charge in [-0.05, 0) is 12.5 Å². The molecule has 1 aromatic rings. The zero-order valence-electron chi connectivity index (χ0n) is 8.76. The molecule has 0 saturated carbocycles. The van der Waals surface area contributed by atoms with Crippen LogP contribution >= 0.6 is 11.6 Å². The summed E-state index contributed by atoms with van der Waals surface area (Å²) in [7, 11) is 0. The Morgan fingerprint density at radius 2 is 2.24 bits per heavy atom. The van der Waals surface area contributed by atoms with E-state index in [2.05, 4.69) is 0 Å². The zero-order valence-corrected chi connectivity index (χ0v) is 9.51. The standard InChI is InChI=1S/C10H10ClNO5/c11-8-4-3-7(12(15)16)6-9(8)17-5-1-2-10(13)14/h3-4,6H,1-2,5H2,(H,13,14). The van der Waals surface area contributed by atoms with Gasteiger partial charge < -0.3 is 9.84 Å². The molecule has 0 atom stereocenters. The summed E-state index contributed by atoms with van der Waals surface area (Å²) in [5.74, 6) is -0.731. The first-order valence-electron chi connectivity index (χ1n) is 4.79. The van der Waals surface area contributed by atoms with Crippen molar-refractivity contribution < 1.29 is 19.6 Å². The van der Waals surface area contributed by atoms with Gasteiger partial charge >= 0.3 is 5.97 Å². The summed E-state index contributed by atoms with van der Waals surface area (Å²) in [6.07, 6.45) is 0.293. The van der Waals surface area contributed by atoms with E-state index in [-0.39, 0.29) is 29.5 Å². The van der Waals surface area contributed by atoms with Crippen LogP contribution in [-0.4, -0.2) is 22.6 Å². The number of halogens is 1. The van der Waals surface area contributed by atoms with Crippen molar-refractivity contribution >= 4 is 23.3 Å². The molecule has 1 N–H and O–H groups in total. The first-order valence-corrected chi connectivity index (χ1v) is 5.17. The first kappa shape index (κ1) is 13.2. The van der Waals surface area contributed by atoms with Crippen molar-refractivity contribution in [2.75, 3.05) is 6.61 Å². The van der Waals surface area contributed by atoms with Gasteiger partial charge in [-0.15, -0.1) is 0 Å². The maximum Gasteiger partial charge on any atom is 0.303 e. The number of rotatable bonds is 6. The topological polar surface area (TPSA) is 89.7 Å². The summed E-state index contributed by atoms with van der Waals surface area (Å²) >= 11 is 5.78. The predicted octanol–water partition coefficient (Wildman–Crippen LogP) is 2.49. The molecule has 0 amide bonds. The van der Waals surface area contributed by atoms with E-state index in [9.17, 15) is 14.9 Å². The summed E-state index contributed by atoms with van der Waals surface area (Å²) in [6.45, 7) is 0.146. The number of aliphatic carboxylic acids is 1. The maximum atomic E-state index is 10.5. The second-order valence-corrected chi connectivity index (χ2v) is 3.62. The van der Waals surface area contributed by atoms with Gasteiger partial charge in [0, 0.05) is 12.5 Å². The average molecular weight is 260 g/mol. The van der Waals surface area contributed by atoms with E-state index < -0.39 is 10.9 Å². The number of nitrogens with zero attached hydrogens (tertiary/aromatic N) is 1. The molecule has 1 aromatic carbocycles. The predicted molar refractivity (Wildman–Crippen MR) is 60.5 cm³/mol. The van der Waals surface area contributed by atoms with E-state index in [1.807, 2.05) is 0 Å². The van der Waals surface area contributed by atoms with Gasteiger partial charge in [-0.2, -0.15) is 0 Å². The zero-order chi connectivity index (χ0) is 12.8. The largest absolute Gasteiger partial charge is 0.492 e. The van der Waals surface area contributed by atoms with Crippen LogP contribution in [0, 0.1) is 10.1 Å². The van der Waals surface area contributed by atoms with E-state index in [0.717, 1.165) is 0 Å². The van der Waals surface area contributed by atoms with Crippen molar-refractivity contribution in [3.05, 3.63) is 33.3 Å². The third-order valence-corrected chi connectivity index (χ3v) is 2.23. The Morgan fingerprint density at radius 1 is 1.53 bits per heavy atom. The van der Waals surface area contributed by atoms with Crippen LogP contribution < -0.4 is 4.74 Å². The average Bonchev–Trinajstić information content (AvgIpc) is 2.25. The number of carbonyl (C=O) groups is 1. The molecule has 0 aliphatic rings. The first-order chi connectivity index (χ1) is 8.00. The minimum Gasteiger partial charge on any atom is -0.492 e. The lowest BCUT2D eigenvalue weighted by molar-refractivity contribution is -0.384. The molecule has 7 heteroatoms. The van der Waals surface area contributed by atoms with Crippen molar-refractivity contribution in [1.29, 1.82) is 0 Å². The molecular weight excluding hydrogens is 250 g/mol. The Kier molecular flexibility index (Phi) is 4.71.